The van der Waals surface area contributed by atoms with E-state index in [1.807, 2.05) is 12.1 Å². The minimum Gasteiger partial charge on any atom is -0.493 e. The lowest BCUT2D eigenvalue weighted by Crippen LogP contribution is -2.04. The summed E-state index contributed by atoms with van der Waals surface area (Å²) in [6.45, 7) is 0. The molecule has 114 valence electrons. The third kappa shape index (κ3) is 4.90. The molecule has 1 N–H and O–H groups in total. The van der Waals surface area contributed by atoms with Crippen LogP contribution >= 0.6 is 0 Å². The molecule has 1 rings (SSSR count). The minimum atomic E-state index is -3.88. The first-order valence-electron chi connectivity index (χ1n) is 6.15. The SMILES string of the molecule is COc1cc(CCCCS(=O)(=O)O)cc(OC)c1OC. The topological polar surface area (TPSA) is 82.1 Å². The van der Waals surface area contributed by atoms with E-state index in [0.717, 1.165) is 5.56 Å². The van der Waals surface area contributed by atoms with Gasteiger partial charge in [-0.3, -0.25) is 4.55 Å². The van der Waals surface area contributed by atoms with Crippen LogP contribution in [0.2, 0.25) is 0 Å². The summed E-state index contributed by atoms with van der Waals surface area (Å²) in [5.41, 5.74) is 0.954. The normalized spacial score (nSPS) is 11.2. The molecule has 1 aromatic carbocycles. The smallest absolute Gasteiger partial charge is 0.264 e. The van der Waals surface area contributed by atoms with Gasteiger partial charge in [0.2, 0.25) is 5.75 Å². The average molecular weight is 304 g/mol. The van der Waals surface area contributed by atoms with E-state index in [1.165, 1.54) is 7.11 Å². The fraction of sp³-hybridized carbons (Fsp3) is 0.538. The zero-order valence-electron chi connectivity index (χ0n) is 11.9. The van der Waals surface area contributed by atoms with E-state index in [0.29, 0.717) is 36.5 Å². The van der Waals surface area contributed by atoms with E-state index in [-0.39, 0.29) is 5.75 Å². The Morgan fingerprint density at radius 2 is 1.55 bits per heavy atom. The molecule has 0 fully saturated rings. The van der Waals surface area contributed by atoms with Crippen molar-refractivity contribution in [1.82, 2.24) is 0 Å². The molecule has 0 heterocycles. The number of hydrogen-bond acceptors (Lipinski definition) is 5. The first kappa shape index (κ1) is 16.6. The second-order valence-corrected chi connectivity index (χ2v) is 5.85. The predicted octanol–water partition coefficient (Wildman–Crippen LogP) is 1.92. The minimum absolute atomic E-state index is 0.225. The summed E-state index contributed by atoms with van der Waals surface area (Å²) < 4.78 is 45.6. The van der Waals surface area contributed by atoms with Crippen LogP contribution in [0.5, 0.6) is 17.2 Å². The van der Waals surface area contributed by atoms with Crippen molar-refractivity contribution in [3.63, 3.8) is 0 Å². The Morgan fingerprint density at radius 3 is 1.95 bits per heavy atom. The molecule has 0 saturated carbocycles. The first-order chi connectivity index (χ1) is 9.41. The van der Waals surface area contributed by atoms with Crippen LogP contribution in [0.15, 0.2) is 12.1 Å². The zero-order chi connectivity index (χ0) is 15.2. The molecule has 0 atom stereocenters. The Balaban J connectivity index is 2.76. The molecule has 0 unspecified atom stereocenters. The van der Waals surface area contributed by atoms with E-state index >= 15 is 0 Å². The molecule has 0 aliphatic heterocycles. The van der Waals surface area contributed by atoms with Gasteiger partial charge >= 0.3 is 0 Å². The van der Waals surface area contributed by atoms with Crippen molar-refractivity contribution in [2.75, 3.05) is 27.1 Å². The summed E-state index contributed by atoms with van der Waals surface area (Å²) in [5.74, 6) is 1.43. The summed E-state index contributed by atoms with van der Waals surface area (Å²) in [7, 11) is 0.732. The second-order valence-electron chi connectivity index (χ2n) is 4.28. The summed E-state index contributed by atoms with van der Waals surface area (Å²) in [6.07, 6.45) is 1.69. The van der Waals surface area contributed by atoms with E-state index in [2.05, 4.69) is 0 Å². The molecule has 0 spiro atoms. The molecule has 0 amide bonds. The highest BCUT2D eigenvalue weighted by Crippen LogP contribution is 2.38. The molecule has 7 heteroatoms. The van der Waals surface area contributed by atoms with Crippen LogP contribution in [0.25, 0.3) is 0 Å². The maximum atomic E-state index is 10.6. The van der Waals surface area contributed by atoms with Gasteiger partial charge < -0.3 is 14.2 Å². The van der Waals surface area contributed by atoms with Crippen molar-refractivity contribution in [2.45, 2.75) is 19.3 Å². The molecular formula is C13H20O6S. The lowest BCUT2D eigenvalue weighted by Gasteiger charge is -2.14. The highest BCUT2D eigenvalue weighted by atomic mass is 32.2. The fourth-order valence-electron chi connectivity index (χ4n) is 1.89. The van der Waals surface area contributed by atoms with Gasteiger partial charge in [-0.05, 0) is 37.0 Å². The average Bonchev–Trinajstić information content (AvgIpc) is 2.41. The Hall–Kier alpha value is -1.47. The first-order valence-corrected chi connectivity index (χ1v) is 7.76. The van der Waals surface area contributed by atoms with Crippen LogP contribution in [-0.4, -0.2) is 40.1 Å². The molecule has 6 nitrogen and oxygen atoms in total. The van der Waals surface area contributed by atoms with Crippen LogP contribution in [0.1, 0.15) is 18.4 Å². The van der Waals surface area contributed by atoms with Gasteiger partial charge in [0, 0.05) is 0 Å². The van der Waals surface area contributed by atoms with E-state index in [1.54, 1.807) is 14.2 Å². The number of hydrogen-bond donors (Lipinski definition) is 1. The Bertz CT molecular complexity index is 513. The molecule has 0 aliphatic carbocycles. The zero-order valence-corrected chi connectivity index (χ0v) is 12.7. The lowest BCUT2D eigenvalue weighted by molar-refractivity contribution is 0.323. The third-order valence-electron chi connectivity index (χ3n) is 2.84. The van der Waals surface area contributed by atoms with Crippen molar-refractivity contribution >= 4 is 10.1 Å². The summed E-state index contributed by atoms with van der Waals surface area (Å²) >= 11 is 0. The Kier molecular flexibility index (Phi) is 6.09. The van der Waals surface area contributed by atoms with Crippen molar-refractivity contribution in [1.29, 1.82) is 0 Å². The van der Waals surface area contributed by atoms with Crippen molar-refractivity contribution in [2.24, 2.45) is 0 Å². The highest BCUT2D eigenvalue weighted by molar-refractivity contribution is 7.85. The number of aryl methyl sites for hydroxylation is 1. The van der Waals surface area contributed by atoms with Crippen molar-refractivity contribution in [3.8, 4) is 17.2 Å². The number of ether oxygens (including phenoxy) is 3. The molecule has 0 aromatic heterocycles. The van der Waals surface area contributed by atoms with E-state index in [9.17, 15) is 8.42 Å². The van der Waals surface area contributed by atoms with E-state index < -0.39 is 10.1 Å². The van der Waals surface area contributed by atoms with Gasteiger partial charge in [-0.1, -0.05) is 0 Å². The second kappa shape index (κ2) is 7.35. The molecule has 1 aromatic rings. The fourth-order valence-corrected chi connectivity index (χ4v) is 2.46. The van der Waals surface area contributed by atoms with Gasteiger partial charge in [-0.25, -0.2) is 0 Å². The molecule has 0 bridgehead atoms. The molecule has 0 aliphatic rings. The number of benzene rings is 1. The van der Waals surface area contributed by atoms with Crippen molar-refractivity contribution in [3.05, 3.63) is 17.7 Å². The van der Waals surface area contributed by atoms with Crippen LogP contribution in [0, 0.1) is 0 Å². The molecule has 20 heavy (non-hydrogen) atoms. The molecule has 0 saturated heterocycles. The molecule has 0 radical (unpaired) electrons. The predicted molar refractivity (Wildman–Crippen MR) is 75.5 cm³/mol. The van der Waals surface area contributed by atoms with Gasteiger partial charge in [0.25, 0.3) is 10.1 Å². The van der Waals surface area contributed by atoms with Gasteiger partial charge in [-0.2, -0.15) is 8.42 Å². The standard InChI is InChI=1S/C13H20O6S/c1-17-11-8-10(6-4-5-7-20(14,15)16)9-12(18-2)13(11)19-3/h8-9H,4-7H2,1-3H3,(H,14,15,16). The monoisotopic (exact) mass is 304 g/mol. The van der Waals surface area contributed by atoms with Crippen LogP contribution in [0.3, 0.4) is 0 Å². The third-order valence-corrected chi connectivity index (χ3v) is 3.65. The van der Waals surface area contributed by atoms with Crippen LogP contribution in [-0.2, 0) is 16.5 Å². The van der Waals surface area contributed by atoms with Gasteiger partial charge in [0.1, 0.15) is 0 Å². The Morgan fingerprint density at radius 1 is 1.00 bits per heavy atom. The van der Waals surface area contributed by atoms with Crippen molar-refractivity contribution < 1.29 is 27.2 Å². The van der Waals surface area contributed by atoms with E-state index in [4.69, 9.17) is 18.8 Å². The van der Waals surface area contributed by atoms with Gasteiger partial charge in [-0.15, -0.1) is 0 Å². The summed E-state index contributed by atoms with van der Waals surface area (Å²) in [5, 5.41) is 0. The van der Waals surface area contributed by atoms with Crippen LogP contribution < -0.4 is 14.2 Å². The molecular weight excluding hydrogens is 284 g/mol. The highest BCUT2D eigenvalue weighted by Gasteiger charge is 2.13. The quantitative estimate of drug-likeness (QED) is 0.583. The van der Waals surface area contributed by atoms with Crippen LogP contribution in [0.4, 0.5) is 0 Å². The lowest BCUT2D eigenvalue weighted by atomic mass is 10.1. The largest absolute Gasteiger partial charge is 0.493 e. The Labute approximate surface area is 119 Å². The summed E-state index contributed by atoms with van der Waals surface area (Å²) in [4.78, 5) is 0. The number of rotatable bonds is 8. The maximum Gasteiger partial charge on any atom is 0.264 e. The number of methoxy groups -OCH3 is 3. The van der Waals surface area contributed by atoms with Gasteiger partial charge in [0.05, 0.1) is 27.1 Å². The maximum absolute atomic E-state index is 10.6. The van der Waals surface area contributed by atoms with Gasteiger partial charge in [0.15, 0.2) is 11.5 Å². The summed E-state index contributed by atoms with van der Waals surface area (Å²) in [6, 6.07) is 3.66. The number of unbranched alkanes of at least 4 members (excludes halogenated alkanes) is 1.